The van der Waals surface area contributed by atoms with E-state index >= 15 is 0 Å². The van der Waals surface area contributed by atoms with Crippen molar-refractivity contribution in [2.75, 3.05) is 29.9 Å². The van der Waals surface area contributed by atoms with Gasteiger partial charge >= 0.3 is 6.03 Å². The Bertz CT molecular complexity index is 555. The highest BCUT2D eigenvalue weighted by Crippen LogP contribution is 2.27. The molecule has 1 aromatic carbocycles. The van der Waals surface area contributed by atoms with Gasteiger partial charge in [-0.15, -0.1) is 0 Å². The molecule has 0 aromatic heterocycles. The van der Waals surface area contributed by atoms with E-state index < -0.39 is 0 Å². The molecule has 2 atom stereocenters. The lowest BCUT2D eigenvalue weighted by Gasteiger charge is -2.21. The van der Waals surface area contributed by atoms with E-state index in [1.165, 1.54) is 24.1 Å². The van der Waals surface area contributed by atoms with Crippen LogP contribution in [0.1, 0.15) is 37.7 Å². The van der Waals surface area contributed by atoms with Crippen LogP contribution >= 0.6 is 0 Å². The maximum absolute atomic E-state index is 12.0. The van der Waals surface area contributed by atoms with Gasteiger partial charge in [-0.05, 0) is 56.4 Å². The molecule has 1 saturated heterocycles. The van der Waals surface area contributed by atoms with Crippen LogP contribution in [0.3, 0.4) is 0 Å². The summed E-state index contributed by atoms with van der Waals surface area (Å²) in [4.78, 5) is 14.4. The molecule has 1 aromatic rings. The van der Waals surface area contributed by atoms with Crippen LogP contribution in [0, 0.1) is 12.8 Å². The van der Waals surface area contributed by atoms with Gasteiger partial charge in [0.1, 0.15) is 0 Å². The number of benzene rings is 1. The lowest BCUT2D eigenvalue weighted by Crippen LogP contribution is -2.35. The number of anilines is 2. The van der Waals surface area contributed by atoms with Crippen LogP contribution in [0.15, 0.2) is 18.2 Å². The molecule has 2 aliphatic rings. The SMILES string of the molecule is Cc1cc(NC(=O)NC[C@@H]2CCC[C@H]2O)ccc1N1CCCC1. The molecular formula is C18H27N3O2. The number of aliphatic hydroxyl groups excluding tert-OH is 1. The first kappa shape index (κ1) is 16.1. The van der Waals surface area contributed by atoms with Gasteiger partial charge in [0.15, 0.2) is 0 Å². The van der Waals surface area contributed by atoms with Gasteiger partial charge in [-0.3, -0.25) is 0 Å². The zero-order valence-electron chi connectivity index (χ0n) is 13.8. The number of aryl methyl sites for hydroxylation is 1. The van der Waals surface area contributed by atoms with E-state index in [2.05, 4.69) is 28.5 Å². The summed E-state index contributed by atoms with van der Waals surface area (Å²) in [6, 6.07) is 5.89. The van der Waals surface area contributed by atoms with Gasteiger partial charge in [-0.1, -0.05) is 6.42 Å². The average Bonchev–Trinajstić information content (AvgIpc) is 3.17. The van der Waals surface area contributed by atoms with Gasteiger partial charge in [-0.2, -0.15) is 0 Å². The van der Waals surface area contributed by atoms with Crippen LogP contribution in [0.25, 0.3) is 0 Å². The van der Waals surface area contributed by atoms with Crippen molar-refractivity contribution in [1.29, 1.82) is 0 Å². The predicted molar refractivity (Wildman–Crippen MR) is 93.0 cm³/mol. The van der Waals surface area contributed by atoms with E-state index in [4.69, 9.17) is 0 Å². The Balaban J connectivity index is 1.53. The number of hydrogen-bond donors (Lipinski definition) is 3. The monoisotopic (exact) mass is 317 g/mol. The number of hydrogen-bond acceptors (Lipinski definition) is 3. The molecule has 5 nitrogen and oxygen atoms in total. The molecule has 2 amide bonds. The number of rotatable bonds is 4. The third-order valence-electron chi connectivity index (χ3n) is 5.05. The number of nitrogens with one attached hydrogen (secondary N) is 2. The lowest BCUT2D eigenvalue weighted by atomic mass is 10.1. The van der Waals surface area contributed by atoms with Gasteiger partial charge < -0.3 is 20.6 Å². The molecule has 23 heavy (non-hydrogen) atoms. The largest absolute Gasteiger partial charge is 0.393 e. The van der Waals surface area contributed by atoms with Crippen molar-refractivity contribution < 1.29 is 9.90 Å². The van der Waals surface area contributed by atoms with E-state index in [9.17, 15) is 9.90 Å². The average molecular weight is 317 g/mol. The van der Waals surface area contributed by atoms with E-state index in [1.54, 1.807) is 0 Å². The van der Waals surface area contributed by atoms with E-state index in [0.29, 0.717) is 6.54 Å². The molecule has 1 heterocycles. The zero-order valence-corrected chi connectivity index (χ0v) is 13.8. The summed E-state index contributed by atoms with van der Waals surface area (Å²) in [5.74, 6) is 0.194. The molecule has 3 N–H and O–H groups in total. The van der Waals surface area contributed by atoms with Crippen LogP contribution < -0.4 is 15.5 Å². The third-order valence-corrected chi connectivity index (χ3v) is 5.05. The van der Waals surface area contributed by atoms with E-state index in [-0.39, 0.29) is 18.1 Å². The quantitative estimate of drug-likeness (QED) is 0.800. The van der Waals surface area contributed by atoms with Crippen LogP contribution in [0.5, 0.6) is 0 Å². The van der Waals surface area contributed by atoms with Gasteiger partial charge in [0.25, 0.3) is 0 Å². The highest BCUT2D eigenvalue weighted by molar-refractivity contribution is 5.89. The summed E-state index contributed by atoms with van der Waals surface area (Å²) in [7, 11) is 0. The maximum Gasteiger partial charge on any atom is 0.319 e. The molecular weight excluding hydrogens is 290 g/mol. The van der Waals surface area contributed by atoms with Crippen molar-refractivity contribution in [1.82, 2.24) is 5.32 Å². The topological polar surface area (TPSA) is 64.6 Å². The molecule has 2 fully saturated rings. The maximum atomic E-state index is 12.0. The van der Waals surface area contributed by atoms with Gasteiger partial charge in [0.05, 0.1) is 6.10 Å². The number of carbonyl (C=O) groups excluding carboxylic acids is 1. The summed E-state index contributed by atoms with van der Waals surface area (Å²) >= 11 is 0. The highest BCUT2D eigenvalue weighted by Gasteiger charge is 2.25. The van der Waals surface area contributed by atoms with Crippen molar-refractivity contribution >= 4 is 17.4 Å². The van der Waals surface area contributed by atoms with Crippen molar-refractivity contribution in [3.8, 4) is 0 Å². The molecule has 3 rings (SSSR count). The molecule has 0 spiro atoms. The molecule has 0 unspecified atom stereocenters. The van der Waals surface area contributed by atoms with E-state index in [1.807, 2.05) is 12.1 Å². The molecule has 1 aliphatic carbocycles. The molecule has 126 valence electrons. The fourth-order valence-corrected chi connectivity index (χ4v) is 3.70. The smallest absolute Gasteiger partial charge is 0.319 e. The summed E-state index contributed by atoms with van der Waals surface area (Å²) in [6.07, 6.45) is 5.14. The first-order valence-corrected chi connectivity index (χ1v) is 8.72. The second-order valence-corrected chi connectivity index (χ2v) is 6.79. The summed E-state index contributed by atoms with van der Waals surface area (Å²) in [6.45, 7) is 4.87. The number of urea groups is 1. The molecule has 5 heteroatoms. The van der Waals surface area contributed by atoms with E-state index in [0.717, 1.165) is 38.0 Å². The van der Waals surface area contributed by atoms with Gasteiger partial charge in [-0.25, -0.2) is 4.79 Å². The second-order valence-electron chi connectivity index (χ2n) is 6.79. The van der Waals surface area contributed by atoms with Crippen molar-refractivity contribution in [2.45, 2.75) is 45.1 Å². The Kier molecular flexibility index (Phi) is 5.06. The zero-order chi connectivity index (χ0) is 16.2. The van der Waals surface area contributed by atoms with Crippen molar-refractivity contribution in [2.24, 2.45) is 5.92 Å². The Labute approximate surface area is 138 Å². The minimum absolute atomic E-state index is 0.194. The van der Waals surface area contributed by atoms with Crippen LogP contribution in [0.4, 0.5) is 16.2 Å². The molecule has 0 bridgehead atoms. The van der Waals surface area contributed by atoms with Gasteiger partial charge in [0, 0.05) is 36.9 Å². The minimum Gasteiger partial charge on any atom is -0.393 e. The standard InChI is InChI=1S/C18H27N3O2/c1-13-11-15(7-8-16(13)21-9-2-3-10-21)20-18(23)19-12-14-5-4-6-17(14)22/h7-8,11,14,17,22H,2-6,9-10,12H2,1H3,(H2,19,20,23)/t14-,17+/m0/s1. The number of amides is 2. The molecule has 1 saturated carbocycles. The first-order valence-electron chi connectivity index (χ1n) is 8.72. The first-order chi connectivity index (χ1) is 11.1. The van der Waals surface area contributed by atoms with Crippen LogP contribution in [-0.2, 0) is 0 Å². The number of aliphatic hydroxyl groups is 1. The second kappa shape index (κ2) is 7.21. The van der Waals surface area contributed by atoms with Gasteiger partial charge in [0.2, 0.25) is 0 Å². The summed E-state index contributed by atoms with van der Waals surface area (Å²) in [5.41, 5.74) is 3.27. The highest BCUT2D eigenvalue weighted by atomic mass is 16.3. The third kappa shape index (κ3) is 3.96. The van der Waals surface area contributed by atoms with Crippen molar-refractivity contribution in [3.63, 3.8) is 0 Å². The Morgan fingerprint density at radius 1 is 1.26 bits per heavy atom. The Morgan fingerprint density at radius 2 is 2.04 bits per heavy atom. The fourth-order valence-electron chi connectivity index (χ4n) is 3.70. The number of carbonyl (C=O) groups is 1. The molecule has 1 aliphatic heterocycles. The Hall–Kier alpha value is -1.75. The number of nitrogens with zero attached hydrogens (tertiary/aromatic N) is 1. The minimum atomic E-state index is -0.266. The molecule has 0 radical (unpaired) electrons. The van der Waals surface area contributed by atoms with Crippen molar-refractivity contribution in [3.05, 3.63) is 23.8 Å². The summed E-state index contributed by atoms with van der Waals surface area (Å²) in [5, 5.41) is 15.5. The summed E-state index contributed by atoms with van der Waals surface area (Å²) < 4.78 is 0. The normalized spacial score (nSPS) is 24.0. The Morgan fingerprint density at radius 3 is 2.70 bits per heavy atom. The predicted octanol–water partition coefficient (Wildman–Crippen LogP) is 2.88. The lowest BCUT2D eigenvalue weighted by molar-refractivity contribution is 0.133. The fraction of sp³-hybridized carbons (Fsp3) is 0.611. The van der Waals surface area contributed by atoms with Crippen LogP contribution in [0.2, 0.25) is 0 Å². The van der Waals surface area contributed by atoms with Crippen LogP contribution in [-0.4, -0.2) is 36.9 Å².